The first-order valence-corrected chi connectivity index (χ1v) is 16.0. The van der Waals surface area contributed by atoms with E-state index >= 15 is 0 Å². The highest BCUT2D eigenvalue weighted by Gasteiger charge is 2.23. The molecule has 0 N–H and O–H groups in total. The molecule has 0 amide bonds. The average molecular weight is 637 g/mol. The maximum atomic E-state index is 14.7. The van der Waals surface area contributed by atoms with Crippen molar-refractivity contribution in [2.24, 2.45) is 0 Å². The molecule has 46 heavy (non-hydrogen) atoms. The van der Waals surface area contributed by atoms with Gasteiger partial charge in [0.2, 0.25) is 0 Å². The molecule has 0 bridgehead atoms. The maximum Gasteiger partial charge on any atom is 0.347 e. The van der Waals surface area contributed by atoms with E-state index in [1.54, 1.807) is 24.3 Å². The second-order valence-corrected chi connectivity index (χ2v) is 11.0. The Hall–Kier alpha value is -4.24. The van der Waals surface area contributed by atoms with Crippen LogP contribution in [0.25, 0.3) is 11.1 Å². The Labute approximate surface area is 271 Å². The number of halogens is 1. The third kappa shape index (κ3) is 12.3. The molecule has 3 aromatic rings. The van der Waals surface area contributed by atoms with Gasteiger partial charge in [0, 0.05) is 13.2 Å². The molecule has 0 aliphatic heterocycles. The van der Waals surface area contributed by atoms with Gasteiger partial charge in [-0.3, -0.25) is 0 Å². The standard InChI is InChI=1S/C37H45FO8/c1-4-5-6-7-8-9-10-11-12-23-43-31-19-17-29(18-20-31)28-13-15-30(16-14-28)36(40)46-32-21-22-33(34(38)26-32)37(41)45-27(2)35(39)44-25-24-42-3/h13-22,26-27H,4-12,23-25H2,1-3H3/t27-/m0/s1. The molecule has 8 nitrogen and oxygen atoms in total. The summed E-state index contributed by atoms with van der Waals surface area (Å²) in [6.07, 6.45) is 10.2. The van der Waals surface area contributed by atoms with Crippen molar-refractivity contribution < 1.29 is 42.5 Å². The first-order valence-electron chi connectivity index (χ1n) is 16.0. The molecule has 248 valence electrons. The summed E-state index contributed by atoms with van der Waals surface area (Å²) in [5.74, 6) is -2.76. The summed E-state index contributed by atoms with van der Waals surface area (Å²) in [4.78, 5) is 36.9. The second-order valence-electron chi connectivity index (χ2n) is 11.0. The number of unbranched alkanes of at least 4 members (excludes halogenated alkanes) is 8. The van der Waals surface area contributed by atoms with Crippen molar-refractivity contribution in [1.82, 2.24) is 0 Å². The van der Waals surface area contributed by atoms with E-state index in [2.05, 4.69) is 6.92 Å². The second kappa shape index (κ2) is 20.0. The van der Waals surface area contributed by atoms with Crippen LogP contribution in [0.15, 0.2) is 66.7 Å². The van der Waals surface area contributed by atoms with E-state index < -0.39 is 35.4 Å². The molecule has 0 heterocycles. The van der Waals surface area contributed by atoms with Crippen LogP contribution >= 0.6 is 0 Å². The van der Waals surface area contributed by atoms with E-state index in [9.17, 15) is 18.8 Å². The van der Waals surface area contributed by atoms with Gasteiger partial charge in [0.05, 0.1) is 24.3 Å². The Balaban J connectivity index is 1.44. The number of esters is 3. The summed E-state index contributed by atoms with van der Waals surface area (Å²) in [5.41, 5.74) is 1.74. The van der Waals surface area contributed by atoms with Crippen LogP contribution in [0.4, 0.5) is 4.39 Å². The Morgan fingerprint density at radius 1 is 0.696 bits per heavy atom. The lowest BCUT2D eigenvalue weighted by atomic mass is 10.0. The molecule has 0 aliphatic carbocycles. The summed E-state index contributed by atoms with van der Waals surface area (Å²) in [5, 5.41) is 0. The number of carbonyl (C=O) groups is 3. The van der Waals surface area contributed by atoms with Gasteiger partial charge in [-0.05, 0) is 60.9 Å². The summed E-state index contributed by atoms with van der Waals surface area (Å²) in [7, 11) is 1.45. The molecule has 0 radical (unpaired) electrons. The number of hydrogen-bond donors (Lipinski definition) is 0. The predicted octanol–water partition coefficient (Wildman–Crippen LogP) is 8.36. The van der Waals surface area contributed by atoms with Gasteiger partial charge in [-0.1, -0.05) is 82.6 Å². The van der Waals surface area contributed by atoms with Crippen LogP contribution in [0.3, 0.4) is 0 Å². The Bertz CT molecular complexity index is 1370. The molecular weight excluding hydrogens is 591 g/mol. The highest BCUT2D eigenvalue weighted by molar-refractivity contribution is 5.93. The number of benzene rings is 3. The van der Waals surface area contributed by atoms with Crippen LogP contribution in [0.5, 0.6) is 11.5 Å². The fraction of sp³-hybridized carbons (Fsp3) is 0.432. The van der Waals surface area contributed by atoms with Crippen molar-refractivity contribution in [3.63, 3.8) is 0 Å². The van der Waals surface area contributed by atoms with Crippen molar-refractivity contribution in [2.75, 3.05) is 26.9 Å². The molecule has 0 aliphatic rings. The van der Waals surface area contributed by atoms with Crippen molar-refractivity contribution >= 4 is 17.9 Å². The van der Waals surface area contributed by atoms with Crippen LogP contribution in [-0.2, 0) is 19.0 Å². The van der Waals surface area contributed by atoms with Gasteiger partial charge in [-0.15, -0.1) is 0 Å². The Morgan fingerprint density at radius 3 is 1.89 bits per heavy atom. The predicted molar refractivity (Wildman–Crippen MR) is 174 cm³/mol. The van der Waals surface area contributed by atoms with Gasteiger partial charge >= 0.3 is 17.9 Å². The van der Waals surface area contributed by atoms with Crippen molar-refractivity contribution in [3.8, 4) is 22.6 Å². The number of methoxy groups -OCH3 is 1. The number of rotatable bonds is 20. The molecule has 3 rings (SSSR count). The minimum absolute atomic E-state index is 0.00356. The first kappa shape index (κ1) is 36.2. The molecule has 3 aromatic carbocycles. The van der Waals surface area contributed by atoms with Crippen LogP contribution in [0, 0.1) is 5.82 Å². The average Bonchev–Trinajstić information content (AvgIpc) is 3.06. The third-order valence-electron chi connectivity index (χ3n) is 7.34. The highest BCUT2D eigenvalue weighted by atomic mass is 19.1. The highest BCUT2D eigenvalue weighted by Crippen LogP contribution is 2.24. The lowest BCUT2D eigenvalue weighted by Gasteiger charge is -2.13. The molecule has 9 heteroatoms. The van der Waals surface area contributed by atoms with Crippen LogP contribution < -0.4 is 9.47 Å². The summed E-state index contributed by atoms with van der Waals surface area (Å²) < 4.78 is 40.5. The maximum absolute atomic E-state index is 14.7. The number of ether oxygens (including phenoxy) is 5. The monoisotopic (exact) mass is 636 g/mol. The topological polar surface area (TPSA) is 97.4 Å². The van der Waals surface area contributed by atoms with Gasteiger partial charge < -0.3 is 23.7 Å². The summed E-state index contributed by atoms with van der Waals surface area (Å²) in [6.45, 7) is 4.44. The van der Waals surface area contributed by atoms with Crippen LogP contribution in [0.1, 0.15) is 92.4 Å². The number of carbonyl (C=O) groups excluding carboxylic acids is 3. The zero-order valence-corrected chi connectivity index (χ0v) is 27.1. The molecule has 0 fully saturated rings. The van der Waals surface area contributed by atoms with Crippen molar-refractivity contribution in [2.45, 2.75) is 77.7 Å². The lowest BCUT2D eigenvalue weighted by molar-refractivity contribution is -0.154. The van der Waals surface area contributed by atoms with Crippen LogP contribution in [-0.4, -0.2) is 50.9 Å². The fourth-order valence-electron chi connectivity index (χ4n) is 4.65. The zero-order chi connectivity index (χ0) is 33.1. The van der Waals surface area contributed by atoms with E-state index in [0.717, 1.165) is 35.4 Å². The van der Waals surface area contributed by atoms with Gasteiger partial charge in [-0.25, -0.2) is 18.8 Å². The van der Waals surface area contributed by atoms with E-state index in [-0.39, 0.29) is 24.5 Å². The summed E-state index contributed by atoms with van der Waals surface area (Å²) in [6, 6.07) is 18.0. The minimum Gasteiger partial charge on any atom is -0.494 e. The normalized spacial score (nSPS) is 11.5. The van der Waals surface area contributed by atoms with Crippen LogP contribution in [0.2, 0.25) is 0 Å². The van der Waals surface area contributed by atoms with Crippen molar-refractivity contribution in [1.29, 1.82) is 0 Å². The minimum atomic E-state index is -1.25. The number of hydrogen-bond acceptors (Lipinski definition) is 8. The molecule has 0 aromatic heterocycles. The van der Waals surface area contributed by atoms with Gasteiger partial charge in [-0.2, -0.15) is 0 Å². The molecule has 0 spiro atoms. The zero-order valence-electron chi connectivity index (χ0n) is 27.1. The lowest BCUT2D eigenvalue weighted by Crippen LogP contribution is -2.27. The Kier molecular flexibility index (Phi) is 15.8. The molecule has 1 atom stereocenters. The van der Waals surface area contributed by atoms with E-state index in [1.165, 1.54) is 71.5 Å². The molecule has 0 saturated carbocycles. The Morgan fingerprint density at radius 2 is 1.28 bits per heavy atom. The van der Waals surface area contributed by atoms with E-state index in [4.69, 9.17) is 23.7 Å². The third-order valence-corrected chi connectivity index (χ3v) is 7.34. The van der Waals surface area contributed by atoms with Gasteiger partial charge in [0.15, 0.2) is 6.10 Å². The van der Waals surface area contributed by atoms with E-state index in [1.807, 2.05) is 24.3 Å². The van der Waals surface area contributed by atoms with Gasteiger partial charge in [0.25, 0.3) is 0 Å². The summed E-state index contributed by atoms with van der Waals surface area (Å²) >= 11 is 0. The molecule has 0 saturated heterocycles. The largest absolute Gasteiger partial charge is 0.494 e. The molecule has 0 unspecified atom stereocenters. The smallest absolute Gasteiger partial charge is 0.347 e. The van der Waals surface area contributed by atoms with Gasteiger partial charge in [0.1, 0.15) is 23.9 Å². The van der Waals surface area contributed by atoms with Crippen molar-refractivity contribution in [3.05, 3.63) is 83.7 Å². The first-order chi connectivity index (χ1) is 22.3. The molecular formula is C37H45FO8. The quantitative estimate of drug-likeness (QED) is 0.0694. The van der Waals surface area contributed by atoms with E-state index in [0.29, 0.717) is 6.61 Å². The SMILES string of the molecule is CCCCCCCCCCCOc1ccc(-c2ccc(C(=O)Oc3ccc(C(=O)O[C@@H](C)C(=O)OCCOC)c(F)c3)cc2)cc1. The fourth-order valence-corrected chi connectivity index (χ4v) is 4.65.